The van der Waals surface area contributed by atoms with E-state index in [1.807, 2.05) is 4.90 Å². The lowest BCUT2D eigenvalue weighted by molar-refractivity contribution is -0.384. The first kappa shape index (κ1) is 22.7. The highest BCUT2D eigenvalue weighted by Crippen LogP contribution is 2.34. The minimum absolute atomic E-state index is 0.0660. The fourth-order valence-corrected chi connectivity index (χ4v) is 2.78. The monoisotopic (exact) mass is 430 g/mol. The van der Waals surface area contributed by atoms with E-state index in [1.54, 1.807) is 18.2 Å². The van der Waals surface area contributed by atoms with E-state index in [9.17, 15) is 20.0 Å². The molecule has 0 heterocycles. The maximum Gasteiger partial charge on any atom is 0.271 e. The number of hydrogen-bond acceptors (Lipinski definition) is 8. The summed E-state index contributed by atoms with van der Waals surface area (Å²) in [5, 5.41) is 39.8. The normalized spacial score (nSPS) is 10.6. The lowest BCUT2D eigenvalue weighted by Crippen LogP contribution is -2.27. The third-order valence-electron chi connectivity index (χ3n) is 3.93. The van der Waals surface area contributed by atoms with Gasteiger partial charge in [-0.15, -0.1) is 10.2 Å². The van der Waals surface area contributed by atoms with E-state index >= 15 is 0 Å². The highest BCUT2D eigenvalue weighted by Gasteiger charge is 2.12. The van der Waals surface area contributed by atoms with Gasteiger partial charge in [0.25, 0.3) is 5.69 Å². The molecule has 10 nitrogen and oxygen atoms in total. The van der Waals surface area contributed by atoms with Crippen LogP contribution in [-0.2, 0) is 4.79 Å². The Morgan fingerprint density at radius 3 is 2.57 bits per heavy atom. The molecule has 0 fully saturated rings. The van der Waals surface area contributed by atoms with Gasteiger partial charge in [0.1, 0.15) is 11.4 Å². The molecule has 2 aromatic carbocycles. The molecule has 1 amide bonds. The largest absolute Gasteiger partial charge is 0.395 e. The minimum atomic E-state index is -0.565. The van der Waals surface area contributed by atoms with Crippen molar-refractivity contribution in [2.75, 3.05) is 29.9 Å². The first-order chi connectivity index (χ1) is 14.3. The smallest absolute Gasteiger partial charge is 0.271 e. The predicted octanol–water partition coefficient (Wildman–Crippen LogP) is 4.33. The summed E-state index contributed by atoms with van der Waals surface area (Å²) >= 11 is 6.03. The molecule has 0 saturated heterocycles. The van der Waals surface area contributed by atoms with Gasteiger partial charge in [-0.05, 0) is 24.3 Å². The van der Waals surface area contributed by atoms with Gasteiger partial charge in [-0.25, -0.2) is 0 Å². The Balaban J connectivity index is 2.37. The third kappa shape index (κ3) is 6.23. The van der Waals surface area contributed by atoms with Gasteiger partial charge in [0.2, 0.25) is 5.91 Å². The van der Waals surface area contributed by atoms with Crippen LogP contribution in [0.3, 0.4) is 0 Å². The van der Waals surface area contributed by atoms with Crippen LogP contribution >= 0.6 is 11.6 Å². The average Bonchev–Trinajstić information content (AvgIpc) is 2.70. The maximum atomic E-state index is 11.6. The number of halogens is 1. The minimum Gasteiger partial charge on any atom is -0.395 e. The fraction of sp³-hybridized carbons (Fsp3) is 0.263. The van der Waals surface area contributed by atoms with Crippen molar-refractivity contribution in [2.24, 2.45) is 10.2 Å². The summed E-state index contributed by atoms with van der Waals surface area (Å²) in [6, 6.07) is 10.9. The van der Waals surface area contributed by atoms with Crippen molar-refractivity contribution in [1.82, 2.24) is 0 Å². The fourth-order valence-electron chi connectivity index (χ4n) is 2.57. The summed E-state index contributed by atoms with van der Waals surface area (Å²) < 4.78 is 0. The molecule has 0 aliphatic rings. The number of anilines is 2. The molecule has 156 valence electrons. The van der Waals surface area contributed by atoms with E-state index in [-0.39, 0.29) is 35.3 Å². The number of azo groups is 1. The third-order valence-corrected chi connectivity index (χ3v) is 4.23. The molecule has 0 atom stereocenters. The van der Waals surface area contributed by atoms with Gasteiger partial charge >= 0.3 is 0 Å². The zero-order valence-electron chi connectivity index (χ0n) is 16.1. The summed E-state index contributed by atoms with van der Waals surface area (Å²) in [6.07, 6.45) is 0.273. The summed E-state index contributed by atoms with van der Waals surface area (Å²) in [7, 11) is 0. The lowest BCUT2D eigenvalue weighted by atomic mass is 10.2. The Morgan fingerprint density at radius 2 is 1.97 bits per heavy atom. The summed E-state index contributed by atoms with van der Waals surface area (Å²) in [5.41, 5.74) is 1.48. The van der Waals surface area contributed by atoms with Gasteiger partial charge in [0.15, 0.2) is 0 Å². The molecule has 0 saturated carbocycles. The number of nitrogens with zero attached hydrogens (tertiary/aromatic N) is 5. The lowest BCUT2D eigenvalue weighted by Gasteiger charge is -2.23. The highest BCUT2D eigenvalue weighted by atomic mass is 35.5. The van der Waals surface area contributed by atoms with E-state index < -0.39 is 4.92 Å². The van der Waals surface area contributed by atoms with Gasteiger partial charge in [0.05, 0.1) is 34.7 Å². The van der Waals surface area contributed by atoms with E-state index in [2.05, 4.69) is 21.6 Å². The van der Waals surface area contributed by atoms with Crippen molar-refractivity contribution < 1.29 is 14.8 Å². The van der Waals surface area contributed by atoms with Crippen molar-refractivity contribution in [2.45, 2.75) is 13.3 Å². The van der Waals surface area contributed by atoms with Crippen molar-refractivity contribution in [1.29, 1.82) is 5.26 Å². The Morgan fingerprint density at radius 1 is 1.27 bits per heavy atom. The molecule has 2 rings (SSSR count). The number of nitriles is 1. The molecule has 2 aromatic rings. The molecule has 11 heteroatoms. The van der Waals surface area contributed by atoms with Crippen LogP contribution in [0.2, 0.25) is 5.02 Å². The van der Waals surface area contributed by atoms with Crippen molar-refractivity contribution in [3.63, 3.8) is 0 Å². The van der Waals surface area contributed by atoms with Crippen LogP contribution in [0.5, 0.6) is 0 Å². The van der Waals surface area contributed by atoms with Crippen molar-refractivity contribution in [3.8, 4) is 6.07 Å². The van der Waals surface area contributed by atoms with E-state index in [4.69, 9.17) is 16.9 Å². The number of aliphatic hydroxyl groups excluding tert-OH is 1. The number of hydrogen-bond donors (Lipinski definition) is 2. The maximum absolute atomic E-state index is 11.6. The van der Waals surface area contributed by atoms with E-state index in [0.29, 0.717) is 30.2 Å². The number of carbonyl (C=O) groups excluding carboxylic acids is 1. The van der Waals surface area contributed by atoms with Crippen LogP contribution in [0.1, 0.15) is 13.3 Å². The molecule has 30 heavy (non-hydrogen) atoms. The van der Waals surface area contributed by atoms with Gasteiger partial charge < -0.3 is 15.3 Å². The number of rotatable bonds is 9. The Bertz CT molecular complexity index is 1010. The quantitative estimate of drug-likeness (QED) is 0.344. The molecule has 0 radical (unpaired) electrons. The Hall–Kier alpha value is -3.55. The van der Waals surface area contributed by atoms with Crippen LogP contribution in [0.25, 0.3) is 0 Å². The number of nitro benzene ring substituents is 1. The van der Waals surface area contributed by atoms with Gasteiger partial charge in [-0.1, -0.05) is 11.6 Å². The summed E-state index contributed by atoms with van der Waals surface area (Å²) in [5.74, 6) is -0.317. The molecular formula is C19H19ClN6O4. The molecule has 0 unspecified atom stereocenters. The second-order valence-corrected chi connectivity index (χ2v) is 6.50. The van der Waals surface area contributed by atoms with Gasteiger partial charge in [0, 0.05) is 37.8 Å². The van der Waals surface area contributed by atoms with Crippen LogP contribution in [0, 0.1) is 21.4 Å². The molecule has 2 N–H and O–H groups in total. The van der Waals surface area contributed by atoms with E-state index in [0.717, 1.165) is 0 Å². The molecule has 0 spiro atoms. The number of non-ortho nitro benzene ring substituents is 1. The molecule has 0 bridgehead atoms. The zero-order valence-corrected chi connectivity index (χ0v) is 16.8. The second-order valence-electron chi connectivity index (χ2n) is 6.09. The number of amides is 1. The second kappa shape index (κ2) is 10.8. The van der Waals surface area contributed by atoms with Gasteiger partial charge in [-0.2, -0.15) is 5.26 Å². The van der Waals surface area contributed by atoms with Gasteiger partial charge in [-0.3, -0.25) is 14.9 Å². The van der Waals surface area contributed by atoms with Crippen molar-refractivity contribution in [3.05, 3.63) is 51.5 Å². The number of nitro groups is 1. The number of carbonyl (C=O) groups is 1. The molecular weight excluding hydrogens is 412 g/mol. The highest BCUT2D eigenvalue weighted by molar-refractivity contribution is 6.33. The predicted molar refractivity (Wildman–Crippen MR) is 113 cm³/mol. The van der Waals surface area contributed by atoms with Crippen molar-refractivity contribution >= 4 is 45.9 Å². The summed E-state index contributed by atoms with van der Waals surface area (Å²) in [4.78, 5) is 23.7. The Kier molecular flexibility index (Phi) is 8.22. The van der Waals surface area contributed by atoms with Crippen LogP contribution in [0.4, 0.5) is 28.4 Å². The number of aliphatic hydroxyl groups is 1. The average molecular weight is 431 g/mol. The summed E-state index contributed by atoms with van der Waals surface area (Å²) in [6.45, 7) is 1.99. The first-order valence-corrected chi connectivity index (χ1v) is 9.23. The first-order valence-electron chi connectivity index (χ1n) is 8.85. The van der Waals surface area contributed by atoms with Crippen LogP contribution in [0.15, 0.2) is 46.6 Å². The Labute approximate surface area is 177 Å². The van der Waals surface area contributed by atoms with Crippen LogP contribution < -0.4 is 10.2 Å². The topological polar surface area (TPSA) is 144 Å². The standard InChI is InChI=1S/C19H19ClN6O4/c1-13(28)22-19-12-14(25(9-10-27)8-2-7-21)3-6-18(19)24-23-17-5-4-15(26(29)30)11-16(17)20/h3-6,11-12,27H,2,8-10H2,1H3,(H,22,28). The molecule has 0 aliphatic carbocycles. The number of benzene rings is 2. The zero-order chi connectivity index (χ0) is 22.1. The van der Waals surface area contributed by atoms with E-state index in [1.165, 1.54) is 25.1 Å². The molecule has 0 aromatic heterocycles. The molecule has 0 aliphatic heterocycles. The number of nitrogens with one attached hydrogen (secondary N) is 1. The van der Waals surface area contributed by atoms with Crippen LogP contribution in [-0.4, -0.2) is 35.6 Å². The SMILES string of the molecule is CC(=O)Nc1cc(N(CCO)CCC#N)ccc1N=Nc1ccc([N+](=O)[O-])cc1Cl.